The van der Waals surface area contributed by atoms with Crippen LogP contribution >= 0.6 is 0 Å². The van der Waals surface area contributed by atoms with Crippen molar-refractivity contribution in [2.24, 2.45) is 34.5 Å². The summed E-state index contributed by atoms with van der Waals surface area (Å²) in [5.41, 5.74) is 1.20. The molecule has 5 aliphatic rings. The predicted octanol–water partition coefficient (Wildman–Crippen LogP) is 5.25. The van der Waals surface area contributed by atoms with Crippen molar-refractivity contribution in [3.05, 3.63) is 11.6 Å². The Kier molecular flexibility index (Phi) is 5.46. The molecule has 3 saturated carbocycles. The van der Waals surface area contributed by atoms with Gasteiger partial charge in [-0.1, -0.05) is 25.8 Å². The van der Waals surface area contributed by atoms with Crippen LogP contribution in [0.25, 0.3) is 0 Å². The van der Waals surface area contributed by atoms with Gasteiger partial charge in [-0.2, -0.15) is 0 Å². The molecular weight excluding hydrogens is 376 g/mol. The molecule has 2 unspecified atom stereocenters. The van der Waals surface area contributed by atoms with Crippen molar-refractivity contribution in [1.82, 2.24) is 0 Å². The summed E-state index contributed by atoms with van der Waals surface area (Å²) in [6.07, 6.45) is 12.8. The van der Waals surface area contributed by atoms with E-state index in [1.165, 1.54) is 12.0 Å². The van der Waals surface area contributed by atoms with Gasteiger partial charge in [0.05, 0.1) is 6.61 Å². The molecule has 30 heavy (non-hydrogen) atoms. The maximum atomic E-state index is 13.0. The fraction of sp³-hybridized carbons (Fsp3) is 0.846. The van der Waals surface area contributed by atoms with Gasteiger partial charge in [0.25, 0.3) is 0 Å². The van der Waals surface area contributed by atoms with Gasteiger partial charge in [-0.05, 0) is 81.1 Å². The summed E-state index contributed by atoms with van der Waals surface area (Å²) in [6.45, 7) is 6.01. The SMILES string of the molecule is CCC1CC(=O)[C@@]2(C)CC[C@@H]3[C@@H](CCC4=CC(=O)CC[C@@]43COC3CCCCO3)[C@H]12. The van der Waals surface area contributed by atoms with Crippen LogP contribution in [-0.4, -0.2) is 31.1 Å². The van der Waals surface area contributed by atoms with Crippen molar-refractivity contribution in [2.75, 3.05) is 13.2 Å². The van der Waals surface area contributed by atoms with Gasteiger partial charge in [0.15, 0.2) is 12.1 Å². The summed E-state index contributed by atoms with van der Waals surface area (Å²) in [6, 6.07) is 0. The molecule has 4 heteroatoms. The third-order valence-corrected chi connectivity index (χ3v) is 9.72. The number of carbonyl (C=O) groups is 2. The molecule has 4 aliphatic carbocycles. The highest BCUT2D eigenvalue weighted by Crippen LogP contribution is 2.66. The van der Waals surface area contributed by atoms with Crippen molar-refractivity contribution in [1.29, 1.82) is 0 Å². The summed E-state index contributed by atoms with van der Waals surface area (Å²) < 4.78 is 12.3. The number of carbonyl (C=O) groups excluding carboxylic acids is 2. The zero-order valence-electron chi connectivity index (χ0n) is 18.8. The highest BCUT2D eigenvalue weighted by atomic mass is 16.7. The van der Waals surface area contributed by atoms with Crippen LogP contribution in [0, 0.1) is 34.5 Å². The molecule has 0 aromatic heterocycles. The number of rotatable bonds is 4. The Morgan fingerprint density at radius 1 is 1.13 bits per heavy atom. The fourth-order valence-corrected chi connectivity index (χ4v) is 8.16. The lowest BCUT2D eigenvalue weighted by atomic mass is 9.46. The van der Waals surface area contributed by atoms with Gasteiger partial charge in [0.2, 0.25) is 0 Å². The third-order valence-electron chi connectivity index (χ3n) is 9.72. The van der Waals surface area contributed by atoms with Gasteiger partial charge in [0.1, 0.15) is 5.78 Å². The average Bonchev–Trinajstić information content (AvgIpc) is 3.03. The molecule has 0 spiro atoms. The first-order valence-electron chi connectivity index (χ1n) is 12.5. The van der Waals surface area contributed by atoms with Crippen LogP contribution in [0.4, 0.5) is 0 Å². The fourth-order valence-electron chi connectivity index (χ4n) is 8.16. The molecule has 0 aromatic rings. The molecule has 0 bridgehead atoms. The molecule has 1 aliphatic heterocycles. The quantitative estimate of drug-likeness (QED) is 0.631. The van der Waals surface area contributed by atoms with E-state index in [0.29, 0.717) is 42.5 Å². The maximum absolute atomic E-state index is 13.0. The van der Waals surface area contributed by atoms with Gasteiger partial charge >= 0.3 is 0 Å². The van der Waals surface area contributed by atoms with Crippen molar-refractivity contribution in [3.63, 3.8) is 0 Å². The monoisotopic (exact) mass is 414 g/mol. The van der Waals surface area contributed by atoms with Crippen LogP contribution < -0.4 is 0 Å². The smallest absolute Gasteiger partial charge is 0.157 e. The normalized spacial score (nSPS) is 46.1. The highest BCUT2D eigenvalue weighted by molar-refractivity contribution is 5.92. The van der Waals surface area contributed by atoms with Crippen molar-refractivity contribution in [2.45, 2.75) is 90.8 Å². The minimum Gasteiger partial charge on any atom is -0.353 e. The van der Waals surface area contributed by atoms with Crippen LogP contribution in [0.1, 0.15) is 84.5 Å². The maximum Gasteiger partial charge on any atom is 0.157 e. The number of hydrogen-bond acceptors (Lipinski definition) is 4. The average molecular weight is 415 g/mol. The number of Topliss-reactive ketones (excluding diaryl/α,β-unsaturated/α-hetero) is 1. The second kappa shape index (κ2) is 7.85. The van der Waals surface area contributed by atoms with Crippen LogP contribution in [0.15, 0.2) is 11.6 Å². The Balaban J connectivity index is 1.46. The molecular formula is C26H38O4. The number of ether oxygens (including phenoxy) is 2. The molecule has 0 amide bonds. The van der Waals surface area contributed by atoms with E-state index >= 15 is 0 Å². The molecule has 7 atom stereocenters. The lowest BCUT2D eigenvalue weighted by Gasteiger charge is -2.58. The summed E-state index contributed by atoms with van der Waals surface area (Å²) in [5, 5.41) is 0. The number of fused-ring (bicyclic) bond motifs is 5. The van der Waals surface area contributed by atoms with E-state index in [1.807, 2.05) is 6.08 Å². The van der Waals surface area contributed by atoms with Gasteiger partial charge < -0.3 is 9.47 Å². The minimum absolute atomic E-state index is 0.0249. The second-order valence-corrected chi connectivity index (χ2v) is 11.0. The van der Waals surface area contributed by atoms with Gasteiger partial charge in [-0.3, -0.25) is 9.59 Å². The largest absolute Gasteiger partial charge is 0.353 e. The zero-order chi connectivity index (χ0) is 20.9. The van der Waals surface area contributed by atoms with Crippen LogP contribution in [0.3, 0.4) is 0 Å². The van der Waals surface area contributed by atoms with Crippen LogP contribution in [0.5, 0.6) is 0 Å². The Morgan fingerprint density at radius 2 is 2.00 bits per heavy atom. The number of ketones is 2. The lowest BCUT2D eigenvalue weighted by Crippen LogP contribution is -2.54. The Bertz CT molecular complexity index is 735. The first-order chi connectivity index (χ1) is 14.5. The van der Waals surface area contributed by atoms with Gasteiger partial charge in [-0.15, -0.1) is 0 Å². The standard InChI is InChI=1S/C26H38O4/c1-3-17-14-22(28)25(2)11-10-21-20(24(17)25)8-7-18-15-19(27)9-12-26(18,21)16-30-23-6-4-5-13-29-23/h15,17,20-21,23-24H,3-14,16H2,1-2H3/t17?,20-,21-,23?,24+,25-,26-/m1/s1. The lowest BCUT2D eigenvalue weighted by molar-refractivity contribution is -0.191. The molecule has 0 N–H and O–H groups in total. The van der Waals surface area contributed by atoms with Gasteiger partial charge in [-0.25, -0.2) is 0 Å². The summed E-state index contributed by atoms with van der Waals surface area (Å²) in [5.74, 6) is 2.96. The van der Waals surface area contributed by atoms with E-state index < -0.39 is 0 Å². The van der Waals surface area contributed by atoms with Crippen LogP contribution in [-0.2, 0) is 19.1 Å². The van der Waals surface area contributed by atoms with E-state index in [9.17, 15) is 9.59 Å². The highest BCUT2D eigenvalue weighted by Gasteiger charge is 2.62. The van der Waals surface area contributed by atoms with E-state index in [-0.39, 0.29) is 22.9 Å². The van der Waals surface area contributed by atoms with E-state index in [0.717, 1.165) is 64.4 Å². The molecule has 0 aromatic carbocycles. The summed E-state index contributed by atoms with van der Waals surface area (Å²) >= 11 is 0. The first kappa shape index (κ1) is 20.9. The predicted molar refractivity (Wildman–Crippen MR) is 115 cm³/mol. The Labute approximate surface area is 181 Å². The zero-order valence-corrected chi connectivity index (χ0v) is 18.8. The van der Waals surface area contributed by atoms with Gasteiger partial charge in [0, 0.05) is 30.3 Å². The Hall–Kier alpha value is -1.00. The van der Waals surface area contributed by atoms with E-state index in [1.54, 1.807) is 0 Å². The topological polar surface area (TPSA) is 52.6 Å². The van der Waals surface area contributed by atoms with Crippen LogP contribution in [0.2, 0.25) is 0 Å². The minimum atomic E-state index is -0.123. The van der Waals surface area contributed by atoms with Crippen molar-refractivity contribution in [3.8, 4) is 0 Å². The molecule has 5 rings (SSSR count). The molecule has 1 heterocycles. The summed E-state index contributed by atoms with van der Waals surface area (Å²) in [7, 11) is 0. The van der Waals surface area contributed by atoms with Crippen molar-refractivity contribution < 1.29 is 19.1 Å². The Morgan fingerprint density at radius 3 is 2.77 bits per heavy atom. The molecule has 166 valence electrons. The molecule has 4 fully saturated rings. The van der Waals surface area contributed by atoms with E-state index in [4.69, 9.17) is 9.47 Å². The van der Waals surface area contributed by atoms with Crippen molar-refractivity contribution >= 4 is 11.6 Å². The molecule has 4 nitrogen and oxygen atoms in total. The first-order valence-corrected chi connectivity index (χ1v) is 12.5. The third kappa shape index (κ3) is 3.16. The molecule has 0 radical (unpaired) electrons. The summed E-state index contributed by atoms with van der Waals surface area (Å²) in [4.78, 5) is 25.3. The number of hydrogen-bond donors (Lipinski definition) is 0. The van der Waals surface area contributed by atoms with E-state index in [2.05, 4.69) is 13.8 Å². The molecule has 1 saturated heterocycles. The second-order valence-electron chi connectivity index (χ2n) is 11.0.